The van der Waals surface area contributed by atoms with Crippen LogP contribution >= 0.6 is 23.2 Å². The molecule has 0 saturated heterocycles. The second kappa shape index (κ2) is 8.61. The summed E-state index contributed by atoms with van der Waals surface area (Å²) >= 11 is 12.3. The van der Waals surface area contributed by atoms with Crippen LogP contribution in [0.25, 0.3) is 27.7 Å². The summed E-state index contributed by atoms with van der Waals surface area (Å²) in [5.41, 5.74) is 5.23. The number of pyridine rings is 1. The molecule has 3 aromatic carbocycles. The second-order valence-corrected chi connectivity index (χ2v) is 8.98. The maximum atomic E-state index is 13.6. The molecule has 0 saturated carbocycles. The number of tetrazole rings is 1. The molecule has 0 N–H and O–H groups in total. The number of ketones is 1. The van der Waals surface area contributed by atoms with E-state index in [4.69, 9.17) is 23.2 Å². The number of fused-ring (bicyclic) bond motifs is 3. The molecule has 7 nitrogen and oxygen atoms in total. The number of halogens is 2. The topological polar surface area (TPSA) is 78.0 Å². The quantitative estimate of drug-likeness (QED) is 0.283. The molecule has 0 aliphatic heterocycles. The number of hydrogen-bond acceptors (Lipinski definition) is 5. The number of carbonyl (C=O) groups excluding carboxylic acids is 1. The summed E-state index contributed by atoms with van der Waals surface area (Å²) in [4.78, 5) is 17.8. The van der Waals surface area contributed by atoms with Crippen LogP contribution in [0.4, 0.5) is 0 Å². The largest absolute Gasteiger partial charge is 0.323 e. The number of rotatable bonds is 5. The predicted molar refractivity (Wildman–Crippen MR) is 135 cm³/mol. The lowest BCUT2D eigenvalue weighted by Crippen LogP contribution is -2.11. The Morgan fingerprint density at radius 3 is 2.60 bits per heavy atom. The third-order valence-corrected chi connectivity index (χ3v) is 6.38. The van der Waals surface area contributed by atoms with Crippen molar-refractivity contribution in [2.75, 3.05) is 0 Å². The zero-order valence-corrected chi connectivity index (χ0v) is 19.6. The van der Waals surface area contributed by atoms with Crippen LogP contribution in [0.2, 0.25) is 10.0 Å². The lowest BCUT2D eigenvalue weighted by molar-refractivity contribution is 0.103. The van der Waals surface area contributed by atoms with Gasteiger partial charge < -0.3 is 4.57 Å². The van der Waals surface area contributed by atoms with Gasteiger partial charge in [0, 0.05) is 27.5 Å². The molecule has 0 radical (unpaired) electrons. The molecule has 0 aliphatic carbocycles. The molecule has 0 bridgehead atoms. The highest BCUT2D eigenvalue weighted by Gasteiger charge is 2.18. The Morgan fingerprint density at radius 2 is 1.77 bits per heavy atom. The highest BCUT2D eigenvalue weighted by atomic mass is 35.5. The Kier molecular flexibility index (Phi) is 5.28. The van der Waals surface area contributed by atoms with Gasteiger partial charge in [-0.25, -0.2) is 4.98 Å². The molecule has 0 fully saturated rings. The van der Waals surface area contributed by atoms with Gasteiger partial charge in [-0.2, -0.15) is 4.52 Å². The van der Waals surface area contributed by atoms with Crippen molar-refractivity contribution in [1.82, 2.24) is 29.6 Å². The van der Waals surface area contributed by atoms with Crippen molar-refractivity contribution in [2.24, 2.45) is 0 Å². The zero-order chi connectivity index (χ0) is 23.9. The highest BCUT2D eigenvalue weighted by molar-refractivity contribution is 6.31. The molecule has 6 aromatic rings. The SMILES string of the molecule is O=C(c1ccc2c(c1)c(-c1cccc(Cl)c1)cc1nnnn12)c1cncn1Cc1ccc(Cl)cc1. The lowest BCUT2D eigenvalue weighted by atomic mass is 9.98. The molecule has 35 heavy (non-hydrogen) atoms. The number of carbonyl (C=O) groups is 1. The van der Waals surface area contributed by atoms with E-state index in [0.717, 1.165) is 27.6 Å². The number of imidazole rings is 1. The van der Waals surface area contributed by atoms with Gasteiger partial charge in [0.1, 0.15) is 5.69 Å². The van der Waals surface area contributed by atoms with Crippen LogP contribution in [0.1, 0.15) is 21.6 Å². The Bertz CT molecular complexity index is 1720. The van der Waals surface area contributed by atoms with Crippen LogP contribution in [0, 0.1) is 0 Å². The molecule has 0 amide bonds. The molecule has 9 heteroatoms. The maximum absolute atomic E-state index is 13.6. The minimum absolute atomic E-state index is 0.132. The van der Waals surface area contributed by atoms with Gasteiger partial charge in [-0.05, 0) is 75.6 Å². The van der Waals surface area contributed by atoms with E-state index >= 15 is 0 Å². The third-order valence-electron chi connectivity index (χ3n) is 5.89. The van der Waals surface area contributed by atoms with Gasteiger partial charge in [0.25, 0.3) is 0 Å². The van der Waals surface area contributed by atoms with Gasteiger partial charge in [-0.1, -0.05) is 47.5 Å². The minimum atomic E-state index is -0.132. The monoisotopic (exact) mass is 498 g/mol. The molecule has 6 rings (SSSR count). The van der Waals surface area contributed by atoms with E-state index in [1.807, 2.05) is 71.3 Å². The standard InChI is InChI=1S/C26H16Cl2N6O/c27-19-7-4-16(5-8-19)14-33-15-29-13-24(33)26(35)18-6-9-23-22(11-18)21(12-25-30-31-32-34(23)25)17-2-1-3-20(28)10-17/h1-13,15H,14H2. The van der Waals surface area contributed by atoms with E-state index in [0.29, 0.717) is 33.5 Å². The fourth-order valence-corrected chi connectivity index (χ4v) is 4.52. The first kappa shape index (κ1) is 21.5. The van der Waals surface area contributed by atoms with E-state index in [2.05, 4.69) is 20.5 Å². The Hall–Kier alpha value is -4.07. The molecule has 0 spiro atoms. The van der Waals surface area contributed by atoms with Crippen LogP contribution in [0.3, 0.4) is 0 Å². The van der Waals surface area contributed by atoms with Gasteiger partial charge in [-0.15, -0.1) is 5.10 Å². The molecule has 3 aromatic heterocycles. The molecule has 0 atom stereocenters. The highest BCUT2D eigenvalue weighted by Crippen LogP contribution is 2.32. The predicted octanol–water partition coefficient (Wildman–Crippen LogP) is 5.73. The molecular weight excluding hydrogens is 483 g/mol. The van der Waals surface area contributed by atoms with Crippen LogP contribution in [-0.4, -0.2) is 35.4 Å². The smallest absolute Gasteiger partial charge is 0.211 e. The number of hydrogen-bond donors (Lipinski definition) is 0. The first-order valence-corrected chi connectivity index (χ1v) is 11.5. The zero-order valence-electron chi connectivity index (χ0n) is 18.1. The molecular formula is C26H16Cl2N6O. The van der Waals surface area contributed by atoms with Gasteiger partial charge in [-0.3, -0.25) is 4.79 Å². The van der Waals surface area contributed by atoms with Gasteiger partial charge in [0.05, 0.1) is 18.0 Å². The van der Waals surface area contributed by atoms with Gasteiger partial charge >= 0.3 is 0 Å². The first-order valence-electron chi connectivity index (χ1n) is 10.8. The normalized spacial score (nSPS) is 11.4. The third kappa shape index (κ3) is 3.95. The van der Waals surface area contributed by atoms with E-state index < -0.39 is 0 Å². The molecule has 3 heterocycles. The minimum Gasteiger partial charge on any atom is -0.323 e. The van der Waals surface area contributed by atoms with Crippen molar-refractivity contribution < 1.29 is 4.79 Å². The van der Waals surface area contributed by atoms with E-state index in [9.17, 15) is 4.79 Å². The van der Waals surface area contributed by atoms with Gasteiger partial charge in [0.2, 0.25) is 5.78 Å². The lowest BCUT2D eigenvalue weighted by Gasteiger charge is -2.11. The number of nitrogens with zero attached hydrogens (tertiary/aromatic N) is 6. The Balaban J connectivity index is 1.46. The number of benzene rings is 3. The van der Waals surface area contributed by atoms with E-state index in [1.165, 1.54) is 0 Å². The second-order valence-electron chi connectivity index (χ2n) is 8.11. The summed E-state index contributed by atoms with van der Waals surface area (Å²) < 4.78 is 3.49. The summed E-state index contributed by atoms with van der Waals surface area (Å²) in [5, 5.41) is 14.2. The fourth-order valence-electron chi connectivity index (χ4n) is 4.21. The first-order chi connectivity index (χ1) is 17.1. The fraction of sp³-hybridized carbons (Fsp3) is 0.0385. The van der Waals surface area contributed by atoms with Gasteiger partial charge in [0.15, 0.2) is 5.65 Å². The van der Waals surface area contributed by atoms with Crippen LogP contribution in [0.5, 0.6) is 0 Å². The van der Waals surface area contributed by atoms with Crippen LogP contribution in [0.15, 0.2) is 85.3 Å². The van der Waals surface area contributed by atoms with Crippen molar-refractivity contribution in [1.29, 1.82) is 0 Å². The molecule has 0 unspecified atom stereocenters. The maximum Gasteiger partial charge on any atom is 0.211 e. The molecule has 0 aliphatic rings. The summed E-state index contributed by atoms with van der Waals surface area (Å²) in [7, 11) is 0. The van der Waals surface area contributed by atoms with E-state index in [-0.39, 0.29) is 5.78 Å². The van der Waals surface area contributed by atoms with Crippen molar-refractivity contribution in [3.05, 3.63) is 112 Å². The summed E-state index contributed by atoms with van der Waals surface area (Å²) in [6.07, 6.45) is 3.25. The average molecular weight is 499 g/mol. The van der Waals surface area contributed by atoms with Crippen molar-refractivity contribution in [2.45, 2.75) is 6.54 Å². The van der Waals surface area contributed by atoms with Crippen molar-refractivity contribution in [3.63, 3.8) is 0 Å². The van der Waals surface area contributed by atoms with Crippen molar-refractivity contribution in [3.8, 4) is 11.1 Å². The average Bonchev–Trinajstić information content (AvgIpc) is 3.54. The number of aromatic nitrogens is 6. The van der Waals surface area contributed by atoms with E-state index in [1.54, 1.807) is 23.1 Å². The summed E-state index contributed by atoms with van der Waals surface area (Å²) in [5.74, 6) is -0.132. The van der Waals surface area contributed by atoms with Crippen molar-refractivity contribution >= 4 is 45.5 Å². The summed E-state index contributed by atoms with van der Waals surface area (Å²) in [6.45, 7) is 0.505. The van der Waals surface area contributed by atoms with Crippen LogP contribution < -0.4 is 0 Å². The Labute approximate surface area is 209 Å². The Morgan fingerprint density at radius 1 is 0.914 bits per heavy atom. The summed E-state index contributed by atoms with van der Waals surface area (Å²) in [6, 6.07) is 22.5. The van der Waals surface area contributed by atoms with Crippen LogP contribution in [-0.2, 0) is 6.54 Å². The molecule has 170 valence electrons.